The maximum Gasteiger partial charge on any atom is 0.244 e. The summed E-state index contributed by atoms with van der Waals surface area (Å²) in [6, 6.07) is 12.1. The SMILES string of the molecule is C[C@@H](NS(=O)(=O)c1ccc(Cl)cc1F)c1ccccc1. The van der Waals surface area contributed by atoms with Gasteiger partial charge in [0, 0.05) is 11.1 Å². The minimum Gasteiger partial charge on any atom is -0.207 e. The lowest BCUT2D eigenvalue weighted by molar-refractivity contribution is 0.547. The monoisotopic (exact) mass is 313 g/mol. The van der Waals surface area contributed by atoms with E-state index in [4.69, 9.17) is 11.6 Å². The molecule has 0 bridgehead atoms. The van der Waals surface area contributed by atoms with Crippen molar-refractivity contribution in [2.45, 2.75) is 17.9 Å². The molecule has 0 radical (unpaired) electrons. The molecule has 2 rings (SSSR count). The highest BCUT2D eigenvalue weighted by Gasteiger charge is 2.22. The van der Waals surface area contributed by atoms with Crippen LogP contribution in [0.15, 0.2) is 53.4 Å². The largest absolute Gasteiger partial charge is 0.244 e. The predicted molar refractivity (Wildman–Crippen MR) is 76.6 cm³/mol. The number of rotatable bonds is 4. The normalized spacial score (nSPS) is 13.2. The third-order valence-electron chi connectivity index (χ3n) is 2.81. The minimum absolute atomic E-state index is 0.151. The predicted octanol–water partition coefficient (Wildman–Crippen LogP) is 3.52. The highest BCUT2D eigenvalue weighted by molar-refractivity contribution is 7.89. The quantitative estimate of drug-likeness (QED) is 0.938. The average molecular weight is 314 g/mol. The molecule has 0 heterocycles. The summed E-state index contributed by atoms with van der Waals surface area (Å²) in [5.41, 5.74) is 0.797. The minimum atomic E-state index is -3.94. The smallest absolute Gasteiger partial charge is 0.207 e. The van der Waals surface area contributed by atoms with Crippen molar-refractivity contribution in [1.82, 2.24) is 4.72 Å². The van der Waals surface area contributed by atoms with E-state index in [1.165, 1.54) is 6.07 Å². The van der Waals surface area contributed by atoms with Gasteiger partial charge in [0.2, 0.25) is 10.0 Å². The summed E-state index contributed by atoms with van der Waals surface area (Å²) >= 11 is 5.61. The summed E-state index contributed by atoms with van der Waals surface area (Å²) < 4.78 is 40.4. The first-order chi connectivity index (χ1) is 9.40. The van der Waals surface area contributed by atoms with Crippen LogP contribution in [0.1, 0.15) is 18.5 Å². The van der Waals surface area contributed by atoms with Crippen LogP contribution in [0.3, 0.4) is 0 Å². The third-order valence-corrected chi connectivity index (χ3v) is 4.62. The summed E-state index contributed by atoms with van der Waals surface area (Å²) in [5.74, 6) is -0.870. The van der Waals surface area contributed by atoms with Crippen LogP contribution < -0.4 is 4.72 Å². The topological polar surface area (TPSA) is 46.2 Å². The molecule has 0 unspecified atom stereocenters. The molecular formula is C14H13ClFNO2S. The van der Waals surface area contributed by atoms with Crippen LogP contribution in [0.25, 0.3) is 0 Å². The van der Waals surface area contributed by atoms with Gasteiger partial charge in [0.1, 0.15) is 10.7 Å². The highest BCUT2D eigenvalue weighted by atomic mass is 35.5. The molecule has 0 spiro atoms. The van der Waals surface area contributed by atoms with E-state index in [0.29, 0.717) is 0 Å². The standard InChI is InChI=1S/C14H13ClFNO2S/c1-10(11-5-3-2-4-6-11)17-20(18,19)14-8-7-12(15)9-13(14)16/h2-10,17H,1H3/t10-/m1/s1. The lowest BCUT2D eigenvalue weighted by Gasteiger charge is -2.15. The van der Waals surface area contributed by atoms with Gasteiger partial charge in [-0.05, 0) is 30.7 Å². The Morgan fingerprint density at radius 2 is 1.80 bits per heavy atom. The number of hydrogen-bond acceptors (Lipinski definition) is 2. The summed E-state index contributed by atoms with van der Waals surface area (Å²) in [7, 11) is -3.94. The van der Waals surface area contributed by atoms with E-state index in [9.17, 15) is 12.8 Å². The molecule has 1 atom stereocenters. The molecule has 0 aliphatic carbocycles. The van der Waals surface area contributed by atoms with E-state index in [1.807, 2.05) is 18.2 Å². The van der Waals surface area contributed by atoms with E-state index in [2.05, 4.69) is 4.72 Å². The average Bonchev–Trinajstić information content (AvgIpc) is 2.38. The summed E-state index contributed by atoms with van der Waals surface area (Å²) in [6.07, 6.45) is 0. The van der Waals surface area contributed by atoms with Crippen LogP contribution >= 0.6 is 11.6 Å². The fourth-order valence-corrected chi connectivity index (χ4v) is 3.25. The molecule has 0 fully saturated rings. The van der Waals surface area contributed by atoms with Crippen molar-refractivity contribution in [2.75, 3.05) is 0 Å². The second kappa shape index (κ2) is 5.91. The van der Waals surface area contributed by atoms with Gasteiger partial charge in [0.25, 0.3) is 0 Å². The van der Waals surface area contributed by atoms with E-state index in [-0.39, 0.29) is 5.02 Å². The van der Waals surface area contributed by atoms with E-state index in [1.54, 1.807) is 19.1 Å². The van der Waals surface area contributed by atoms with Crippen molar-refractivity contribution in [3.8, 4) is 0 Å². The number of nitrogens with one attached hydrogen (secondary N) is 1. The Kier molecular flexibility index (Phi) is 4.42. The Morgan fingerprint density at radius 1 is 1.15 bits per heavy atom. The van der Waals surface area contributed by atoms with Crippen molar-refractivity contribution >= 4 is 21.6 Å². The van der Waals surface area contributed by atoms with Crippen LogP contribution in [0.2, 0.25) is 5.02 Å². The van der Waals surface area contributed by atoms with Gasteiger partial charge in [0.05, 0.1) is 0 Å². The molecule has 3 nitrogen and oxygen atoms in total. The fourth-order valence-electron chi connectivity index (χ4n) is 1.80. The van der Waals surface area contributed by atoms with Gasteiger partial charge in [-0.2, -0.15) is 0 Å². The van der Waals surface area contributed by atoms with E-state index >= 15 is 0 Å². The van der Waals surface area contributed by atoms with Gasteiger partial charge < -0.3 is 0 Å². The molecule has 0 aliphatic rings. The molecule has 0 amide bonds. The Labute approximate surface area is 122 Å². The first kappa shape index (κ1) is 15.0. The lowest BCUT2D eigenvalue weighted by atomic mass is 10.1. The zero-order chi connectivity index (χ0) is 14.8. The second-order valence-electron chi connectivity index (χ2n) is 4.33. The molecular weight excluding hydrogens is 301 g/mol. The van der Waals surface area contributed by atoms with Crippen LogP contribution in [0.4, 0.5) is 4.39 Å². The molecule has 0 aliphatic heterocycles. The molecule has 0 saturated heterocycles. The number of sulfonamides is 1. The molecule has 20 heavy (non-hydrogen) atoms. The molecule has 0 aromatic heterocycles. The summed E-state index contributed by atoms with van der Waals surface area (Å²) in [6.45, 7) is 1.70. The first-order valence-electron chi connectivity index (χ1n) is 5.92. The number of benzene rings is 2. The van der Waals surface area contributed by atoms with Crippen molar-refractivity contribution in [1.29, 1.82) is 0 Å². The second-order valence-corrected chi connectivity index (χ2v) is 6.45. The van der Waals surface area contributed by atoms with Crippen molar-refractivity contribution in [2.24, 2.45) is 0 Å². The third kappa shape index (κ3) is 3.36. The van der Waals surface area contributed by atoms with E-state index < -0.39 is 26.8 Å². The van der Waals surface area contributed by atoms with Gasteiger partial charge in [-0.25, -0.2) is 17.5 Å². The van der Waals surface area contributed by atoms with Gasteiger partial charge in [-0.15, -0.1) is 0 Å². The zero-order valence-electron chi connectivity index (χ0n) is 10.7. The van der Waals surface area contributed by atoms with E-state index in [0.717, 1.165) is 17.7 Å². The molecule has 2 aromatic rings. The number of hydrogen-bond donors (Lipinski definition) is 1. The van der Waals surface area contributed by atoms with Gasteiger partial charge in [-0.1, -0.05) is 41.9 Å². The maximum atomic E-state index is 13.7. The molecule has 106 valence electrons. The zero-order valence-corrected chi connectivity index (χ0v) is 12.2. The van der Waals surface area contributed by atoms with Crippen molar-refractivity contribution < 1.29 is 12.8 Å². The van der Waals surface area contributed by atoms with Gasteiger partial charge in [0.15, 0.2) is 0 Å². The Bertz CT molecular complexity index is 704. The molecule has 2 aromatic carbocycles. The van der Waals surface area contributed by atoms with Crippen LogP contribution in [0.5, 0.6) is 0 Å². The maximum absolute atomic E-state index is 13.7. The van der Waals surface area contributed by atoms with Crippen molar-refractivity contribution in [3.05, 3.63) is 64.9 Å². The van der Waals surface area contributed by atoms with Gasteiger partial charge >= 0.3 is 0 Å². The van der Waals surface area contributed by atoms with Crippen LogP contribution in [-0.4, -0.2) is 8.42 Å². The summed E-state index contributed by atoms with van der Waals surface area (Å²) in [5, 5.41) is 0.151. The Morgan fingerprint density at radius 3 is 2.40 bits per heavy atom. The molecule has 0 saturated carbocycles. The van der Waals surface area contributed by atoms with Crippen LogP contribution in [0, 0.1) is 5.82 Å². The highest BCUT2D eigenvalue weighted by Crippen LogP contribution is 2.21. The lowest BCUT2D eigenvalue weighted by Crippen LogP contribution is -2.27. The number of halogens is 2. The molecule has 6 heteroatoms. The first-order valence-corrected chi connectivity index (χ1v) is 7.78. The Hall–Kier alpha value is -1.43. The fraction of sp³-hybridized carbons (Fsp3) is 0.143. The van der Waals surface area contributed by atoms with Crippen molar-refractivity contribution in [3.63, 3.8) is 0 Å². The van der Waals surface area contributed by atoms with Crippen LogP contribution in [-0.2, 0) is 10.0 Å². The summed E-state index contributed by atoms with van der Waals surface area (Å²) in [4.78, 5) is -0.412. The molecule has 1 N–H and O–H groups in total. The van der Waals surface area contributed by atoms with Gasteiger partial charge in [-0.3, -0.25) is 0 Å². The Balaban J connectivity index is 2.28.